The summed E-state index contributed by atoms with van der Waals surface area (Å²) in [7, 11) is 0. The minimum atomic E-state index is 0. The van der Waals surface area contributed by atoms with Crippen LogP contribution in [0.5, 0.6) is 0 Å². The van der Waals surface area contributed by atoms with Crippen LogP contribution in [0.1, 0.15) is 5.56 Å². The van der Waals surface area contributed by atoms with Crippen molar-refractivity contribution in [2.45, 2.75) is 6.92 Å². The van der Waals surface area contributed by atoms with E-state index in [4.69, 9.17) is 23.2 Å². The maximum Gasteiger partial charge on any atom is 1.00 e. The van der Waals surface area contributed by atoms with Crippen molar-refractivity contribution in [1.29, 1.82) is 0 Å². The molecular weight excluding hydrogens is 206 g/mol. The topological polar surface area (TPSA) is 30.0 Å². The number of benzene rings is 1. The Balaban J connectivity index is -0.000000146. The molecule has 0 amide bonds. The summed E-state index contributed by atoms with van der Waals surface area (Å²) in [5.41, 5.74) is 1.32. The van der Waals surface area contributed by atoms with Gasteiger partial charge >= 0.3 is 29.6 Å². The van der Waals surface area contributed by atoms with Gasteiger partial charge in [0.2, 0.25) is 0 Å². The summed E-state index contributed by atoms with van der Waals surface area (Å²) < 4.78 is 0. The van der Waals surface area contributed by atoms with Gasteiger partial charge in [0.25, 0.3) is 0 Å². The van der Waals surface area contributed by atoms with Gasteiger partial charge in [-0.05, 0) is 6.92 Å². The first-order chi connectivity index (χ1) is 4.81. The molecule has 0 spiro atoms. The molecule has 0 unspecified atom stereocenters. The summed E-state index contributed by atoms with van der Waals surface area (Å²) in [6.07, 6.45) is 0. The van der Waals surface area contributed by atoms with Gasteiger partial charge in [-0.1, -0.05) is 35.9 Å². The van der Waals surface area contributed by atoms with Gasteiger partial charge in [0.05, 0.1) is 5.34 Å². The fraction of sp³-hybridized carbons (Fsp3) is 0.250. The van der Waals surface area contributed by atoms with Gasteiger partial charge in [-0.25, -0.2) is 0 Å². The van der Waals surface area contributed by atoms with Crippen LogP contribution in [0.4, 0.5) is 0 Å². The van der Waals surface area contributed by atoms with Crippen LogP contribution in [0.25, 0.3) is 0 Å². The second-order valence-electron chi connectivity index (χ2n) is 1.76. The molecule has 0 bridgehead atoms. The molecule has 1 aromatic rings. The number of hydrogen-bond donors (Lipinski definition) is 0. The average Bonchev–Trinajstić information content (AvgIpc) is 1.91. The first-order valence-electron chi connectivity index (χ1n) is 2.95. The largest absolute Gasteiger partial charge is 1.00 e. The van der Waals surface area contributed by atoms with Crippen LogP contribution in [0.2, 0.25) is 0 Å². The number of alkyl halides is 2. The van der Waals surface area contributed by atoms with Gasteiger partial charge in [-0.15, -0.1) is 23.2 Å². The van der Waals surface area contributed by atoms with Crippen molar-refractivity contribution in [1.82, 2.24) is 0 Å². The third-order valence-electron chi connectivity index (χ3n) is 0.940. The van der Waals surface area contributed by atoms with E-state index >= 15 is 0 Å². The average molecular weight is 217 g/mol. The summed E-state index contributed by atoms with van der Waals surface area (Å²) >= 11 is 9.53. The molecule has 1 aromatic carbocycles. The molecule has 12 heavy (non-hydrogen) atoms. The van der Waals surface area contributed by atoms with E-state index in [0.29, 0.717) is 0 Å². The van der Waals surface area contributed by atoms with Gasteiger partial charge in [-0.3, -0.25) is 0 Å². The molecule has 0 fully saturated rings. The van der Waals surface area contributed by atoms with E-state index in [1.165, 1.54) is 5.56 Å². The summed E-state index contributed by atoms with van der Waals surface area (Å²) in [4.78, 5) is 0. The fourth-order valence-electron chi connectivity index (χ4n) is 0.534. The molecule has 64 valence electrons. The van der Waals surface area contributed by atoms with Gasteiger partial charge in [0.15, 0.2) is 0 Å². The normalized spacial score (nSPS) is 6.58. The summed E-state index contributed by atoms with van der Waals surface area (Å²) in [5.74, 6) is 0. The Bertz CT molecular complexity index is 158. The van der Waals surface area contributed by atoms with Crippen LogP contribution < -0.4 is 29.6 Å². The molecule has 0 aromatic heterocycles. The van der Waals surface area contributed by atoms with Crippen LogP contribution in [0.15, 0.2) is 30.3 Å². The van der Waals surface area contributed by atoms with Crippen molar-refractivity contribution in [3.63, 3.8) is 0 Å². The third-order valence-corrected chi connectivity index (χ3v) is 0.940. The number of rotatable bonds is 0. The number of hydrogen-bond acceptors (Lipinski definition) is 1. The Labute approximate surface area is 106 Å². The molecule has 1 N–H and O–H groups in total. The van der Waals surface area contributed by atoms with Crippen LogP contribution in [-0.4, -0.2) is 10.8 Å². The Morgan fingerprint density at radius 2 is 1.42 bits per heavy atom. The van der Waals surface area contributed by atoms with Crippen LogP contribution in [-0.2, 0) is 0 Å². The van der Waals surface area contributed by atoms with Gasteiger partial charge in [-0.2, -0.15) is 0 Å². The molecule has 1 nitrogen and oxygen atoms in total. The third kappa shape index (κ3) is 13.4. The standard InChI is InChI=1S/C7H8.CH2Cl2.Na.H2O/c1-7-5-3-2-4-6-7;2-1-3;;/h2-6H,1H3;1H2;;1H2/q;;+1;/p-1. The van der Waals surface area contributed by atoms with E-state index in [-0.39, 0.29) is 40.4 Å². The predicted octanol–water partition coefficient (Wildman–Crippen LogP) is 0.244. The summed E-state index contributed by atoms with van der Waals surface area (Å²) in [6.45, 7) is 2.08. The van der Waals surface area contributed by atoms with Gasteiger partial charge in [0.1, 0.15) is 0 Å². The van der Waals surface area contributed by atoms with E-state index in [1.807, 2.05) is 18.2 Å². The minimum Gasteiger partial charge on any atom is -0.870 e. The van der Waals surface area contributed by atoms with Crippen LogP contribution >= 0.6 is 23.2 Å². The van der Waals surface area contributed by atoms with Crippen molar-refractivity contribution in [2.24, 2.45) is 0 Å². The van der Waals surface area contributed by atoms with E-state index in [2.05, 4.69) is 19.1 Å². The molecule has 4 heteroatoms. The Hall–Kier alpha value is 0.760. The SMILES string of the molecule is Cc1ccccc1.ClCCl.[Na+].[OH-]. The Morgan fingerprint density at radius 1 is 1.08 bits per heavy atom. The zero-order valence-corrected chi connectivity index (χ0v) is 10.8. The van der Waals surface area contributed by atoms with Crippen molar-refractivity contribution in [3.8, 4) is 0 Å². The quantitative estimate of drug-likeness (QED) is 0.452. The summed E-state index contributed by atoms with van der Waals surface area (Å²) in [5, 5.41) is 0.194. The Kier molecular flexibility index (Phi) is 22.1. The van der Waals surface area contributed by atoms with Crippen molar-refractivity contribution in [2.75, 3.05) is 5.34 Å². The smallest absolute Gasteiger partial charge is 0.870 e. The predicted molar refractivity (Wildman–Crippen MR) is 49.7 cm³/mol. The maximum absolute atomic E-state index is 4.76. The molecule has 1 rings (SSSR count). The molecule has 0 aliphatic rings. The van der Waals surface area contributed by atoms with Crippen LogP contribution in [0.3, 0.4) is 0 Å². The molecule has 0 aliphatic carbocycles. The molecule has 0 aliphatic heterocycles. The van der Waals surface area contributed by atoms with E-state index in [0.717, 1.165) is 0 Å². The molecule has 0 saturated carbocycles. The van der Waals surface area contributed by atoms with Gasteiger partial charge in [0, 0.05) is 0 Å². The van der Waals surface area contributed by atoms with E-state index < -0.39 is 0 Å². The number of aryl methyl sites for hydroxylation is 1. The molecule has 0 saturated heterocycles. The van der Waals surface area contributed by atoms with E-state index in [9.17, 15) is 0 Å². The zero-order valence-electron chi connectivity index (χ0n) is 7.30. The van der Waals surface area contributed by atoms with Crippen molar-refractivity contribution in [3.05, 3.63) is 35.9 Å². The molecule has 0 radical (unpaired) electrons. The number of halogens is 2. The first kappa shape index (κ1) is 18.5. The second kappa shape index (κ2) is 14.3. The van der Waals surface area contributed by atoms with Crippen LogP contribution in [0, 0.1) is 6.92 Å². The Morgan fingerprint density at radius 3 is 1.58 bits per heavy atom. The molecular formula is C8H11Cl2NaO. The maximum atomic E-state index is 4.76. The van der Waals surface area contributed by atoms with Gasteiger partial charge < -0.3 is 5.48 Å². The first-order valence-corrected chi connectivity index (χ1v) is 4.01. The van der Waals surface area contributed by atoms with E-state index in [1.54, 1.807) is 0 Å². The molecule has 0 atom stereocenters. The van der Waals surface area contributed by atoms with Crippen molar-refractivity contribution < 1.29 is 35.0 Å². The van der Waals surface area contributed by atoms with Crippen molar-refractivity contribution >= 4 is 23.2 Å². The molecule has 0 heterocycles. The monoisotopic (exact) mass is 216 g/mol. The summed E-state index contributed by atoms with van der Waals surface area (Å²) in [6, 6.07) is 10.3. The fourth-order valence-corrected chi connectivity index (χ4v) is 0.534. The second-order valence-corrected chi connectivity index (χ2v) is 2.56. The minimum absolute atomic E-state index is 0. The zero-order chi connectivity index (χ0) is 7.82.